The molecule has 0 aliphatic carbocycles. The number of aliphatic carboxylic acids is 1. The second-order valence-electron chi connectivity index (χ2n) is 5.30. The molecule has 1 N–H and O–H groups in total. The van der Waals surface area contributed by atoms with Crippen molar-refractivity contribution in [3.8, 4) is 0 Å². The highest BCUT2D eigenvalue weighted by molar-refractivity contribution is 7.89. The molecule has 2 rings (SSSR count). The third-order valence-electron chi connectivity index (χ3n) is 3.69. The van der Waals surface area contributed by atoms with E-state index in [1.54, 1.807) is 0 Å². The third-order valence-corrected chi connectivity index (χ3v) is 5.44. The van der Waals surface area contributed by atoms with E-state index in [-0.39, 0.29) is 10.5 Å². The lowest BCUT2D eigenvalue weighted by Crippen LogP contribution is -2.34. The SMILES string of the molecule is O=C(O)[C@@H]1CN(S(=O)(=O)c2ccc(C(F)(F)F)cn2)C[C@H]1C(F)(F)F. The van der Waals surface area contributed by atoms with E-state index < -0.39 is 63.9 Å². The summed E-state index contributed by atoms with van der Waals surface area (Å²) in [6, 6.07) is 0.931. The Hall–Kier alpha value is -1.89. The highest BCUT2D eigenvalue weighted by atomic mass is 32.2. The summed E-state index contributed by atoms with van der Waals surface area (Å²) in [5, 5.41) is 7.97. The van der Waals surface area contributed by atoms with E-state index in [9.17, 15) is 39.6 Å². The lowest BCUT2D eigenvalue weighted by atomic mass is 9.96. The second kappa shape index (κ2) is 6.12. The summed E-state index contributed by atoms with van der Waals surface area (Å²) >= 11 is 0. The standard InChI is InChI=1S/C12H10F6N2O4S/c13-11(14,15)6-1-2-9(19-3-6)25(23,24)20-4-7(10(21)22)8(5-20)12(16,17)18/h1-3,7-8H,4-5H2,(H,21,22)/t7-,8-/m1/s1. The minimum atomic E-state index is -4.94. The van der Waals surface area contributed by atoms with Crippen LogP contribution in [0.15, 0.2) is 23.4 Å². The van der Waals surface area contributed by atoms with Crippen molar-refractivity contribution in [3.05, 3.63) is 23.9 Å². The van der Waals surface area contributed by atoms with Crippen LogP contribution in [0, 0.1) is 11.8 Å². The van der Waals surface area contributed by atoms with Crippen LogP contribution in [-0.2, 0) is 21.0 Å². The van der Waals surface area contributed by atoms with Crippen LogP contribution in [-0.4, -0.2) is 48.0 Å². The summed E-state index contributed by atoms with van der Waals surface area (Å²) in [4.78, 5) is 14.1. The van der Waals surface area contributed by atoms with Crippen LogP contribution in [0.1, 0.15) is 5.56 Å². The van der Waals surface area contributed by atoms with Gasteiger partial charge in [-0.1, -0.05) is 0 Å². The van der Waals surface area contributed by atoms with Gasteiger partial charge in [-0.3, -0.25) is 4.79 Å². The number of sulfonamides is 1. The second-order valence-corrected chi connectivity index (χ2v) is 7.18. The number of carbonyl (C=O) groups is 1. The molecule has 2 atom stereocenters. The maximum atomic E-state index is 12.9. The zero-order valence-electron chi connectivity index (χ0n) is 12.0. The van der Waals surface area contributed by atoms with Gasteiger partial charge < -0.3 is 5.11 Å². The van der Waals surface area contributed by atoms with Crippen LogP contribution in [0.2, 0.25) is 0 Å². The summed E-state index contributed by atoms with van der Waals surface area (Å²) < 4.78 is 101. The summed E-state index contributed by atoms with van der Waals surface area (Å²) in [7, 11) is -4.67. The summed E-state index contributed by atoms with van der Waals surface area (Å²) in [5.74, 6) is -6.25. The molecule has 6 nitrogen and oxygen atoms in total. The lowest BCUT2D eigenvalue weighted by Gasteiger charge is -2.18. The van der Waals surface area contributed by atoms with E-state index in [4.69, 9.17) is 5.11 Å². The minimum absolute atomic E-state index is 0.235. The van der Waals surface area contributed by atoms with Crippen LogP contribution < -0.4 is 0 Å². The predicted molar refractivity (Wildman–Crippen MR) is 68.7 cm³/mol. The van der Waals surface area contributed by atoms with Gasteiger partial charge >= 0.3 is 18.3 Å². The van der Waals surface area contributed by atoms with Crippen LogP contribution in [0.4, 0.5) is 26.3 Å². The Bertz CT molecular complexity index is 759. The molecular weight excluding hydrogens is 382 g/mol. The molecule has 13 heteroatoms. The first-order valence-electron chi connectivity index (χ1n) is 6.57. The normalized spacial score (nSPS) is 23.0. The van der Waals surface area contributed by atoms with Gasteiger partial charge in [-0.15, -0.1) is 0 Å². The molecule has 0 bridgehead atoms. The van der Waals surface area contributed by atoms with Crippen molar-refractivity contribution in [3.63, 3.8) is 0 Å². The van der Waals surface area contributed by atoms with E-state index in [0.717, 1.165) is 0 Å². The number of hydrogen-bond donors (Lipinski definition) is 1. The van der Waals surface area contributed by atoms with Gasteiger partial charge in [-0.25, -0.2) is 13.4 Å². The first-order chi connectivity index (χ1) is 11.2. The molecule has 0 amide bonds. The topological polar surface area (TPSA) is 87.6 Å². The van der Waals surface area contributed by atoms with Gasteiger partial charge in [0.15, 0.2) is 5.03 Å². The van der Waals surface area contributed by atoms with E-state index in [1.807, 2.05) is 0 Å². The van der Waals surface area contributed by atoms with E-state index in [2.05, 4.69) is 4.98 Å². The van der Waals surface area contributed by atoms with Gasteiger partial charge in [-0.05, 0) is 12.1 Å². The number of pyridine rings is 1. The van der Waals surface area contributed by atoms with Crippen LogP contribution in [0.5, 0.6) is 0 Å². The van der Waals surface area contributed by atoms with E-state index >= 15 is 0 Å². The van der Waals surface area contributed by atoms with Gasteiger partial charge in [0.2, 0.25) is 0 Å². The van der Waals surface area contributed by atoms with Crippen molar-refractivity contribution in [2.24, 2.45) is 11.8 Å². The van der Waals surface area contributed by atoms with E-state index in [0.29, 0.717) is 12.1 Å². The molecule has 1 aromatic heterocycles. The maximum Gasteiger partial charge on any atom is 0.417 e. The molecule has 25 heavy (non-hydrogen) atoms. The van der Waals surface area contributed by atoms with Crippen molar-refractivity contribution < 1.29 is 44.7 Å². The van der Waals surface area contributed by atoms with Crippen LogP contribution in [0.25, 0.3) is 0 Å². The number of hydrogen-bond acceptors (Lipinski definition) is 4. The quantitative estimate of drug-likeness (QED) is 0.795. The number of aromatic nitrogens is 1. The summed E-state index contributed by atoms with van der Waals surface area (Å²) in [6.07, 6.45) is -9.47. The highest BCUT2D eigenvalue weighted by Gasteiger charge is 2.55. The predicted octanol–water partition coefficient (Wildman–Crippen LogP) is 1.98. The highest BCUT2D eigenvalue weighted by Crippen LogP contribution is 2.39. The number of carboxylic acids is 1. The number of alkyl halides is 6. The molecule has 1 fully saturated rings. The Balaban J connectivity index is 2.33. The molecule has 140 valence electrons. The van der Waals surface area contributed by atoms with Crippen molar-refractivity contribution >= 4 is 16.0 Å². The molecule has 1 saturated heterocycles. The van der Waals surface area contributed by atoms with Crippen LogP contribution in [0.3, 0.4) is 0 Å². The first-order valence-corrected chi connectivity index (χ1v) is 8.01. The zero-order valence-corrected chi connectivity index (χ0v) is 12.9. The molecule has 0 unspecified atom stereocenters. The fourth-order valence-corrected chi connectivity index (χ4v) is 3.78. The first kappa shape index (κ1) is 19.4. The third kappa shape index (κ3) is 3.86. The largest absolute Gasteiger partial charge is 0.481 e. The van der Waals surface area contributed by atoms with Crippen molar-refractivity contribution in [1.29, 1.82) is 0 Å². The Morgan fingerprint density at radius 2 is 1.76 bits per heavy atom. The number of halogens is 6. The smallest absolute Gasteiger partial charge is 0.417 e. The average molecular weight is 392 g/mol. The van der Waals surface area contributed by atoms with Crippen molar-refractivity contribution in [1.82, 2.24) is 9.29 Å². The number of carboxylic acid groups (broad SMARTS) is 1. The van der Waals surface area contributed by atoms with E-state index in [1.165, 1.54) is 0 Å². The molecule has 0 spiro atoms. The molecule has 0 radical (unpaired) electrons. The van der Waals surface area contributed by atoms with Gasteiger partial charge in [-0.2, -0.15) is 30.6 Å². The van der Waals surface area contributed by atoms with Crippen LogP contribution >= 0.6 is 0 Å². The lowest BCUT2D eigenvalue weighted by molar-refractivity contribution is -0.187. The summed E-state index contributed by atoms with van der Waals surface area (Å²) in [5.41, 5.74) is -1.23. The minimum Gasteiger partial charge on any atom is -0.481 e. The molecule has 1 aliphatic rings. The Morgan fingerprint density at radius 3 is 2.12 bits per heavy atom. The number of nitrogens with zero attached hydrogens (tertiary/aromatic N) is 2. The molecule has 0 aromatic carbocycles. The Morgan fingerprint density at radius 1 is 1.16 bits per heavy atom. The zero-order chi connectivity index (χ0) is 19.2. The summed E-state index contributed by atoms with van der Waals surface area (Å²) in [6.45, 7) is -2.10. The van der Waals surface area contributed by atoms with Gasteiger partial charge in [0, 0.05) is 19.3 Å². The monoisotopic (exact) mass is 392 g/mol. The van der Waals surface area contributed by atoms with Gasteiger partial charge in [0.1, 0.15) is 0 Å². The maximum absolute atomic E-state index is 12.9. The number of rotatable bonds is 3. The molecule has 1 aromatic rings. The molecular formula is C12H10F6N2O4S. The fourth-order valence-electron chi connectivity index (χ4n) is 2.38. The molecule has 2 heterocycles. The Labute approximate surface area is 137 Å². The molecule has 0 saturated carbocycles. The average Bonchev–Trinajstić information content (AvgIpc) is 2.92. The fraction of sp³-hybridized carbons (Fsp3) is 0.500. The Kier molecular flexibility index (Phi) is 4.76. The van der Waals surface area contributed by atoms with Crippen molar-refractivity contribution in [2.75, 3.05) is 13.1 Å². The molecule has 1 aliphatic heterocycles. The van der Waals surface area contributed by atoms with Crippen molar-refractivity contribution in [2.45, 2.75) is 17.4 Å². The van der Waals surface area contributed by atoms with Gasteiger partial charge in [0.05, 0.1) is 17.4 Å². The van der Waals surface area contributed by atoms with Gasteiger partial charge in [0.25, 0.3) is 10.0 Å².